The third-order valence-electron chi connectivity index (χ3n) is 1.85. The van der Waals surface area contributed by atoms with Crippen LogP contribution < -0.4 is 4.74 Å². The van der Waals surface area contributed by atoms with Crippen molar-refractivity contribution in [2.45, 2.75) is 0 Å². The van der Waals surface area contributed by atoms with E-state index in [4.69, 9.17) is 10.8 Å². The molecule has 0 aliphatic carbocycles. The summed E-state index contributed by atoms with van der Waals surface area (Å²) >= 11 is 0. The van der Waals surface area contributed by atoms with Gasteiger partial charge >= 0.3 is 0 Å². The first-order chi connectivity index (χ1) is 7.31. The highest BCUT2D eigenvalue weighted by Crippen LogP contribution is 2.12. The topological polar surface area (TPSA) is 35.8 Å². The zero-order valence-corrected chi connectivity index (χ0v) is 7.93. The molecule has 74 valence electrons. The molecule has 0 radical (unpaired) electrons. The molecule has 0 amide bonds. The molecule has 4 heteroatoms. The summed E-state index contributed by atoms with van der Waals surface area (Å²) in [5, 5.41) is 4.03. The van der Waals surface area contributed by atoms with Crippen molar-refractivity contribution >= 4 is 5.52 Å². The molecule has 0 N–H and O–H groups in total. The van der Waals surface area contributed by atoms with E-state index < -0.39 is 0 Å². The molecule has 4 nitrogen and oxygen atoms in total. The van der Waals surface area contributed by atoms with Gasteiger partial charge in [0.1, 0.15) is 12.4 Å². The fraction of sp³-hybridized carbons (Fsp3) is 0.300. The number of nitrogens with zero attached hydrogens (tertiary/aromatic N) is 2. The molecule has 2 aromatic heterocycles. The first-order valence-corrected chi connectivity index (χ1v) is 4.37. The summed E-state index contributed by atoms with van der Waals surface area (Å²) < 4.78 is 19.5. The molecule has 14 heavy (non-hydrogen) atoms. The summed E-state index contributed by atoms with van der Waals surface area (Å²) in [6.45, 7) is 1.07. The van der Waals surface area contributed by atoms with Gasteiger partial charge in [-0.3, -0.25) is 0 Å². The summed E-state index contributed by atoms with van der Waals surface area (Å²) in [5.41, 5.74) is 0.772. The molecule has 0 saturated carbocycles. The lowest BCUT2D eigenvalue weighted by Crippen LogP contribution is -2.04. The van der Waals surface area contributed by atoms with Crippen LogP contribution in [0, 0.1) is 0 Å². The van der Waals surface area contributed by atoms with Gasteiger partial charge < -0.3 is 9.47 Å². The van der Waals surface area contributed by atoms with Crippen LogP contribution in [0.15, 0.2) is 30.6 Å². The molecule has 0 bridgehead atoms. The largest absolute Gasteiger partial charge is 0.490 e. The van der Waals surface area contributed by atoms with E-state index in [1.54, 1.807) is 17.8 Å². The number of hydrogen-bond donors (Lipinski definition) is 0. The zero-order chi connectivity index (χ0) is 10.7. The highest BCUT2D eigenvalue weighted by Gasteiger charge is 1.96. The predicted molar refractivity (Wildman–Crippen MR) is 52.6 cm³/mol. The molecule has 2 aromatic rings. The number of hydrogen-bond acceptors (Lipinski definition) is 3. The van der Waals surface area contributed by atoms with E-state index in [1.165, 1.54) is 6.20 Å². The van der Waals surface area contributed by atoms with Crippen molar-refractivity contribution in [1.82, 2.24) is 9.61 Å². The number of rotatable bonds is 4. The maximum atomic E-state index is 7.54. The van der Waals surface area contributed by atoms with Gasteiger partial charge in [0, 0.05) is 13.3 Å². The summed E-state index contributed by atoms with van der Waals surface area (Å²) in [4.78, 5) is 0. The average molecular weight is 193 g/mol. The van der Waals surface area contributed by atoms with Gasteiger partial charge in [0.05, 0.1) is 19.7 Å². The molecule has 2 rings (SSSR count). The number of fused-ring (bicyclic) bond motifs is 1. The Morgan fingerprint density at radius 3 is 3.29 bits per heavy atom. The maximum Gasteiger partial charge on any atom is 0.137 e. The van der Waals surface area contributed by atoms with E-state index >= 15 is 0 Å². The number of ether oxygens (including phenoxy) is 2. The van der Waals surface area contributed by atoms with Gasteiger partial charge in [-0.2, -0.15) is 5.10 Å². The van der Waals surface area contributed by atoms with Gasteiger partial charge in [-0.1, -0.05) is 0 Å². The Morgan fingerprint density at radius 2 is 2.43 bits per heavy atom. The van der Waals surface area contributed by atoms with E-state index in [0.29, 0.717) is 19.3 Å². The third-order valence-corrected chi connectivity index (χ3v) is 1.85. The van der Waals surface area contributed by atoms with Crippen LogP contribution >= 0.6 is 0 Å². The molecule has 0 atom stereocenters. The molecule has 0 saturated heterocycles. The monoisotopic (exact) mass is 193 g/mol. The second-order valence-corrected chi connectivity index (χ2v) is 2.82. The fourth-order valence-electron chi connectivity index (χ4n) is 1.17. The molecule has 0 spiro atoms. The van der Waals surface area contributed by atoms with E-state index in [9.17, 15) is 0 Å². The van der Waals surface area contributed by atoms with Gasteiger partial charge in [-0.15, -0.1) is 0 Å². The third kappa shape index (κ3) is 1.85. The van der Waals surface area contributed by atoms with Crippen LogP contribution in [-0.4, -0.2) is 29.9 Å². The average Bonchev–Trinajstić information content (AvgIpc) is 2.61. The molecule has 0 aromatic carbocycles. The van der Waals surface area contributed by atoms with E-state index in [0.717, 1.165) is 11.3 Å². The van der Waals surface area contributed by atoms with Crippen molar-refractivity contribution in [2.24, 2.45) is 0 Å². The van der Waals surface area contributed by atoms with Crippen molar-refractivity contribution in [3.63, 3.8) is 0 Å². The van der Waals surface area contributed by atoms with Crippen LogP contribution in [0.5, 0.6) is 5.75 Å². The second kappa shape index (κ2) is 4.11. The van der Waals surface area contributed by atoms with Gasteiger partial charge in [0.25, 0.3) is 0 Å². The number of aromatic nitrogens is 2. The lowest BCUT2D eigenvalue weighted by atomic mass is 10.4. The van der Waals surface area contributed by atoms with Gasteiger partial charge in [0.15, 0.2) is 0 Å². The summed E-state index contributed by atoms with van der Waals surface area (Å²) in [5.74, 6) is 0.725. The Bertz CT molecular complexity index is 456. The molecule has 0 aliphatic rings. The summed E-state index contributed by atoms with van der Waals surface area (Å²) in [6.07, 6.45) is 3.26. The Morgan fingerprint density at radius 1 is 1.50 bits per heavy atom. The molecule has 0 unspecified atom stereocenters. The fourth-order valence-corrected chi connectivity index (χ4v) is 1.17. The maximum absolute atomic E-state index is 7.54. The first kappa shape index (κ1) is 7.82. The van der Waals surface area contributed by atoms with Gasteiger partial charge in [-0.25, -0.2) is 4.52 Å². The molecule has 0 aliphatic heterocycles. The van der Waals surface area contributed by atoms with E-state index in [1.807, 2.05) is 12.1 Å². The molecule has 0 fully saturated rings. The Labute approximate surface area is 83.5 Å². The first-order valence-electron chi connectivity index (χ1n) is 4.87. The summed E-state index contributed by atoms with van der Waals surface area (Å²) in [7, 11) is 1.63. The standard InChI is InChI=1S/C10H12N2O2/c1-13-6-7-14-10-3-2-9-4-5-11-12(9)8-10/h2-5,8H,6-7H2,1H3/i4D. The highest BCUT2D eigenvalue weighted by atomic mass is 16.5. The number of methoxy groups -OCH3 is 1. The lowest BCUT2D eigenvalue weighted by molar-refractivity contribution is 0.146. The van der Waals surface area contributed by atoms with Crippen molar-refractivity contribution in [1.29, 1.82) is 0 Å². The quantitative estimate of drug-likeness (QED) is 0.688. The van der Waals surface area contributed by atoms with Crippen molar-refractivity contribution in [2.75, 3.05) is 20.3 Å². The Kier molecular flexibility index (Phi) is 2.29. The highest BCUT2D eigenvalue weighted by molar-refractivity contribution is 5.47. The van der Waals surface area contributed by atoms with Crippen LogP contribution in [0.4, 0.5) is 0 Å². The molecular weight excluding hydrogens is 180 g/mol. The lowest BCUT2D eigenvalue weighted by Gasteiger charge is -2.05. The normalized spacial score (nSPS) is 11.6. The minimum Gasteiger partial charge on any atom is -0.490 e. The predicted octanol–water partition coefficient (Wildman–Crippen LogP) is 1.36. The minimum absolute atomic E-state index is 0.415. The minimum atomic E-state index is 0.415. The molecular formula is C10H12N2O2. The smallest absolute Gasteiger partial charge is 0.137 e. The van der Waals surface area contributed by atoms with Crippen molar-refractivity contribution in [3.8, 4) is 5.75 Å². The zero-order valence-electron chi connectivity index (χ0n) is 8.93. The summed E-state index contributed by atoms with van der Waals surface area (Å²) in [6, 6.07) is 4.06. The second-order valence-electron chi connectivity index (χ2n) is 2.82. The number of pyridine rings is 1. The van der Waals surface area contributed by atoms with Gasteiger partial charge in [-0.05, 0) is 18.2 Å². The van der Waals surface area contributed by atoms with Crippen LogP contribution in [0.2, 0.25) is 0 Å². The van der Waals surface area contributed by atoms with Crippen LogP contribution in [0.25, 0.3) is 5.52 Å². The SMILES string of the molecule is [2H]c1cnn2cc(OCCOC)ccc12. The van der Waals surface area contributed by atoms with Crippen LogP contribution in [-0.2, 0) is 4.74 Å². The van der Waals surface area contributed by atoms with E-state index in [-0.39, 0.29) is 0 Å². The Hall–Kier alpha value is -1.55. The van der Waals surface area contributed by atoms with Crippen molar-refractivity contribution in [3.05, 3.63) is 30.6 Å². The Balaban J connectivity index is 2.16. The van der Waals surface area contributed by atoms with Crippen molar-refractivity contribution < 1.29 is 10.8 Å². The van der Waals surface area contributed by atoms with E-state index in [2.05, 4.69) is 5.10 Å². The van der Waals surface area contributed by atoms with Crippen LogP contribution in [0.1, 0.15) is 1.37 Å². The van der Waals surface area contributed by atoms with Gasteiger partial charge in [0.2, 0.25) is 0 Å². The van der Waals surface area contributed by atoms with Crippen LogP contribution in [0.3, 0.4) is 0 Å². The molecule has 2 heterocycles.